The number of nitrogens with two attached hydrogens (primary N) is 1. The van der Waals surface area contributed by atoms with E-state index in [9.17, 15) is 0 Å². The van der Waals surface area contributed by atoms with Crippen LogP contribution in [0.25, 0.3) is 0 Å². The van der Waals surface area contributed by atoms with Gasteiger partial charge in [0.15, 0.2) is 0 Å². The third kappa shape index (κ3) is 4.07. The van der Waals surface area contributed by atoms with E-state index in [0.29, 0.717) is 12.6 Å². The molecule has 18 heavy (non-hydrogen) atoms. The molecule has 0 spiro atoms. The molecule has 0 aromatic carbocycles. The van der Waals surface area contributed by atoms with Crippen molar-refractivity contribution in [1.29, 1.82) is 0 Å². The molecule has 0 radical (unpaired) electrons. The van der Waals surface area contributed by atoms with Gasteiger partial charge >= 0.3 is 0 Å². The highest BCUT2D eigenvalue weighted by atomic mass is 15.4. The SMILES string of the molecule is CCN(Cc1ncnn1C(C)C)CC(C)(C)CN. The predicted molar refractivity (Wildman–Crippen MR) is 74.2 cm³/mol. The lowest BCUT2D eigenvalue weighted by atomic mass is 9.93. The Kier molecular flexibility index (Phi) is 5.28. The Morgan fingerprint density at radius 3 is 2.61 bits per heavy atom. The Hall–Kier alpha value is -0.940. The van der Waals surface area contributed by atoms with Crippen LogP contribution in [-0.4, -0.2) is 39.3 Å². The summed E-state index contributed by atoms with van der Waals surface area (Å²) in [6.07, 6.45) is 1.64. The van der Waals surface area contributed by atoms with Crippen molar-refractivity contribution in [2.45, 2.75) is 47.2 Å². The van der Waals surface area contributed by atoms with Crippen LogP contribution in [0, 0.1) is 5.41 Å². The molecule has 2 N–H and O–H groups in total. The third-order valence-corrected chi connectivity index (χ3v) is 3.15. The van der Waals surface area contributed by atoms with Gasteiger partial charge in [-0.2, -0.15) is 5.10 Å². The molecule has 0 saturated carbocycles. The van der Waals surface area contributed by atoms with Crippen LogP contribution in [0.3, 0.4) is 0 Å². The average molecular weight is 253 g/mol. The molecule has 5 nitrogen and oxygen atoms in total. The summed E-state index contributed by atoms with van der Waals surface area (Å²) in [5.74, 6) is 1.03. The van der Waals surface area contributed by atoms with E-state index < -0.39 is 0 Å². The Bertz CT molecular complexity index is 356. The fourth-order valence-electron chi connectivity index (χ4n) is 1.97. The molecule has 1 rings (SSSR count). The summed E-state index contributed by atoms with van der Waals surface area (Å²) in [6.45, 7) is 14.3. The van der Waals surface area contributed by atoms with Crippen molar-refractivity contribution in [3.05, 3.63) is 12.2 Å². The largest absolute Gasteiger partial charge is 0.330 e. The van der Waals surface area contributed by atoms with Gasteiger partial charge in [-0.15, -0.1) is 0 Å². The Morgan fingerprint density at radius 2 is 2.11 bits per heavy atom. The molecule has 5 heteroatoms. The van der Waals surface area contributed by atoms with Gasteiger partial charge in [-0.25, -0.2) is 9.67 Å². The summed E-state index contributed by atoms with van der Waals surface area (Å²) < 4.78 is 1.98. The smallest absolute Gasteiger partial charge is 0.141 e. The maximum absolute atomic E-state index is 5.80. The first-order valence-electron chi connectivity index (χ1n) is 6.70. The van der Waals surface area contributed by atoms with E-state index in [1.165, 1.54) is 0 Å². The second kappa shape index (κ2) is 6.29. The highest BCUT2D eigenvalue weighted by Crippen LogP contribution is 2.16. The van der Waals surface area contributed by atoms with Gasteiger partial charge in [0, 0.05) is 12.6 Å². The number of hydrogen-bond donors (Lipinski definition) is 1. The van der Waals surface area contributed by atoms with Crippen LogP contribution in [0.4, 0.5) is 0 Å². The molecule has 0 fully saturated rings. The van der Waals surface area contributed by atoms with E-state index in [1.54, 1.807) is 6.33 Å². The van der Waals surface area contributed by atoms with Gasteiger partial charge in [-0.3, -0.25) is 4.90 Å². The van der Waals surface area contributed by atoms with Gasteiger partial charge in [-0.05, 0) is 32.4 Å². The highest BCUT2D eigenvalue weighted by Gasteiger charge is 2.21. The van der Waals surface area contributed by atoms with Crippen LogP contribution in [-0.2, 0) is 6.54 Å². The molecule has 0 aliphatic carbocycles. The topological polar surface area (TPSA) is 60.0 Å². The molecular formula is C13H27N5. The van der Waals surface area contributed by atoms with Crippen molar-refractivity contribution in [2.24, 2.45) is 11.1 Å². The number of aromatic nitrogens is 3. The fourth-order valence-corrected chi connectivity index (χ4v) is 1.97. The van der Waals surface area contributed by atoms with Gasteiger partial charge in [0.25, 0.3) is 0 Å². The Morgan fingerprint density at radius 1 is 1.44 bits per heavy atom. The maximum atomic E-state index is 5.80. The number of nitrogens with zero attached hydrogens (tertiary/aromatic N) is 4. The van der Waals surface area contributed by atoms with E-state index in [-0.39, 0.29) is 5.41 Å². The molecule has 0 amide bonds. The molecule has 1 heterocycles. The quantitative estimate of drug-likeness (QED) is 0.803. The van der Waals surface area contributed by atoms with Crippen molar-refractivity contribution >= 4 is 0 Å². The lowest BCUT2D eigenvalue weighted by Crippen LogP contribution is -2.39. The molecule has 104 valence electrons. The van der Waals surface area contributed by atoms with E-state index in [4.69, 9.17) is 5.73 Å². The van der Waals surface area contributed by atoms with E-state index in [0.717, 1.165) is 25.5 Å². The predicted octanol–water partition coefficient (Wildman–Crippen LogP) is 1.67. The molecule has 1 aromatic rings. The van der Waals surface area contributed by atoms with Crippen LogP contribution in [0.2, 0.25) is 0 Å². The number of hydrogen-bond acceptors (Lipinski definition) is 4. The van der Waals surface area contributed by atoms with E-state index in [2.05, 4.69) is 49.6 Å². The zero-order valence-corrected chi connectivity index (χ0v) is 12.3. The maximum Gasteiger partial charge on any atom is 0.141 e. The van der Waals surface area contributed by atoms with Crippen molar-refractivity contribution in [3.63, 3.8) is 0 Å². The summed E-state index contributed by atoms with van der Waals surface area (Å²) in [7, 11) is 0. The second-order valence-electron chi connectivity index (χ2n) is 5.89. The van der Waals surface area contributed by atoms with Gasteiger partial charge in [0.1, 0.15) is 12.2 Å². The minimum absolute atomic E-state index is 0.138. The molecule has 0 aliphatic heterocycles. The first kappa shape index (κ1) is 15.1. The Balaban J connectivity index is 2.71. The lowest BCUT2D eigenvalue weighted by Gasteiger charge is -2.30. The molecule has 0 aliphatic rings. The van der Waals surface area contributed by atoms with Gasteiger partial charge in [0.05, 0.1) is 6.54 Å². The van der Waals surface area contributed by atoms with Gasteiger partial charge in [-0.1, -0.05) is 20.8 Å². The highest BCUT2D eigenvalue weighted by molar-refractivity contribution is 4.87. The van der Waals surface area contributed by atoms with Crippen LogP contribution < -0.4 is 5.73 Å². The zero-order chi connectivity index (χ0) is 13.8. The fraction of sp³-hybridized carbons (Fsp3) is 0.846. The monoisotopic (exact) mass is 253 g/mol. The zero-order valence-electron chi connectivity index (χ0n) is 12.3. The number of rotatable bonds is 7. The lowest BCUT2D eigenvalue weighted by molar-refractivity contribution is 0.176. The van der Waals surface area contributed by atoms with Crippen molar-refractivity contribution in [2.75, 3.05) is 19.6 Å². The molecule has 0 bridgehead atoms. The molecule has 0 unspecified atom stereocenters. The Labute approximate surface area is 110 Å². The average Bonchev–Trinajstić information content (AvgIpc) is 2.76. The minimum atomic E-state index is 0.138. The summed E-state index contributed by atoms with van der Waals surface area (Å²) in [4.78, 5) is 6.73. The van der Waals surface area contributed by atoms with Gasteiger partial charge < -0.3 is 5.73 Å². The van der Waals surface area contributed by atoms with E-state index >= 15 is 0 Å². The second-order valence-corrected chi connectivity index (χ2v) is 5.89. The van der Waals surface area contributed by atoms with Gasteiger partial charge in [0.2, 0.25) is 0 Å². The molecule has 1 aromatic heterocycles. The van der Waals surface area contributed by atoms with Crippen molar-refractivity contribution in [3.8, 4) is 0 Å². The van der Waals surface area contributed by atoms with Crippen LogP contribution in [0.15, 0.2) is 6.33 Å². The van der Waals surface area contributed by atoms with Crippen molar-refractivity contribution < 1.29 is 0 Å². The summed E-state index contributed by atoms with van der Waals surface area (Å²) >= 11 is 0. The summed E-state index contributed by atoms with van der Waals surface area (Å²) in [5, 5.41) is 4.27. The first-order chi connectivity index (χ1) is 8.39. The molecule has 0 atom stereocenters. The van der Waals surface area contributed by atoms with Crippen LogP contribution in [0.1, 0.15) is 46.5 Å². The molecular weight excluding hydrogens is 226 g/mol. The summed E-state index contributed by atoms with van der Waals surface area (Å²) in [5.41, 5.74) is 5.94. The van der Waals surface area contributed by atoms with Crippen LogP contribution in [0.5, 0.6) is 0 Å². The normalized spacial score (nSPS) is 12.7. The van der Waals surface area contributed by atoms with Crippen LogP contribution >= 0.6 is 0 Å². The standard InChI is InChI=1S/C13H27N5/c1-6-17(9-13(4,5)8-14)7-12-15-10-16-18(12)11(2)3/h10-11H,6-9,14H2,1-5H3. The third-order valence-electron chi connectivity index (χ3n) is 3.15. The van der Waals surface area contributed by atoms with Crippen molar-refractivity contribution in [1.82, 2.24) is 19.7 Å². The first-order valence-corrected chi connectivity index (χ1v) is 6.70. The summed E-state index contributed by atoms with van der Waals surface area (Å²) in [6, 6.07) is 0.351. The molecule has 0 saturated heterocycles. The minimum Gasteiger partial charge on any atom is -0.330 e. The van der Waals surface area contributed by atoms with E-state index in [1.807, 2.05) is 4.68 Å².